The van der Waals surface area contributed by atoms with Crippen LogP contribution in [0, 0.1) is 0 Å². The monoisotopic (exact) mass is 460 g/mol. The van der Waals surface area contributed by atoms with Crippen molar-refractivity contribution in [3.8, 4) is 23.0 Å². The van der Waals surface area contributed by atoms with Gasteiger partial charge >= 0.3 is 0 Å². The zero-order valence-corrected chi connectivity index (χ0v) is 19.8. The first-order chi connectivity index (χ1) is 16.7. The van der Waals surface area contributed by atoms with Gasteiger partial charge in [-0.25, -0.2) is 4.68 Å². The minimum atomic E-state index is -0.0809. The highest BCUT2D eigenvalue weighted by Gasteiger charge is 2.34. The minimum Gasteiger partial charge on any atom is -0.493 e. The molecule has 2 heterocycles. The summed E-state index contributed by atoms with van der Waals surface area (Å²) in [5, 5.41) is 8.08. The van der Waals surface area contributed by atoms with Crippen molar-refractivity contribution in [3.63, 3.8) is 0 Å². The van der Waals surface area contributed by atoms with E-state index < -0.39 is 0 Å². The molecule has 0 fully saturated rings. The molecule has 8 heteroatoms. The quantitative estimate of drug-likeness (QED) is 0.563. The van der Waals surface area contributed by atoms with Crippen LogP contribution >= 0.6 is 0 Å². The molecular weight excluding hydrogens is 432 g/mol. The van der Waals surface area contributed by atoms with Crippen molar-refractivity contribution in [2.45, 2.75) is 25.3 Å². The van der Waals surface area contributed by atoms with Crippen LogP contribution in [0.25, 0.3) is 6.08 Å². The Balaban J connectivity index is 1.61. The second kappa shape index (κ2) is 9.13. The maximum absolute atomic E-state index is 5.58. The largest absolute Gasteiger partial charge is 0.493 e. The van der Waals surface area contributed by atoms with Gasteiger partial charge in [0.2, 0.25) is 5.95 Å². The predicted octanol–water partition coefficient (Wildman–Crippen LogP) is 4.85. The standard InChI is InChI=1S/C26H28N4O4/c1-31-20-10-8-16(13-22(20)33-3)12-17-6-5-7-19-24(17)29-26-27-15-28-30(26)25(19)18-9-11-21(32-2)23(14-18)34-4/h8-15,25H,5-7H2,1-4H3,(H,27,28,29)/b17-12+/t25-/m0/s1. The molecule has 1 aliphatic heterocycles. The maximum atomic E-state index is 5.58. The van der Waals surface area contributed by atoms with Gasteiger partial charge in [-0.2, -0.15) is 10.1 Å². The summed E-state index contributed by atoms with van der Waals surface area (Å²) in [6.07, 6.45) is 6.78. The topological polar surface area (TPSA) is 79.7 Å². The van der Waals surface area contributed by atoms with Crippen molar-refractivity contribution in [2.75, 3.05) is 33.8 Å². The average molecular weight is 461 g/mol. The summed E-state index contributed by atoms with van der Waals surface area (Å²) >= 11 is 0. The number of methoxy groups -OCH3 is 4. The van der Waals surface area contributed by atoms with E-state index in [1.807, 2.05) is 35.0 Å². The normalized spacial score (nSPS) is 18.1. The van der Waals surface area contributed by atoms with Gasteiger partial charge in [0.1, 0.15) is 12.4 Å². The molecule has 1 N–H and O–H groups in total. The van der Waals surface area contributed by atoms with Crippen LogP contribution in [0.4, 0.5) is 5.95 Å². The van der Waals surface area contributed by atoms with E-state index in [0.29, 0.717) is 23.0 Å². The van der Waals surface area contributed by atoms with Crippen molar-refractivity contribution in [1.82, 2.24) is 14.8 Å². The summed E-state index contributed by atoms with van der Waals surface area (Å²) in [6, 6.07) is 11.9. The maximum Gasteiger partial charge on any atom is 0.226 e. The summed E-state index contributed by atoms with van der Waals surface area (Å²) in [5.74, 6) is 3.54. The average Bonchev–Trinajstić information content (AvgIpc) is 3.35. The predicted molar refractivity (Wildman–Crippen MR) is 130 cm³/mol. The Morgan fingerprint density at radius 3 is 2.32 bits per heavy atom. The molecule has 0 bridgehead atoms. The molecule has 0 saturated heterocycles. The second-order valence-corrected chi connectivity index (χ2v) is 8.21. The van der Waals surface area contributed by atoms with Crippen LogP contribution in [0.2, 0.25) is 0 Å². The molecule has 5 rings (SSSR count). The van der Waals surface area contributed by atoms with E-state index in [-0.39, 0.29) is 6.04 Å². The number of rotatable bonds is 6. The van der Waals surface area contributed by atoms with E-state index in [9.17, 15) is 0 Å². The molecule has 0 radical (unpaired) electrons. The van der Waals surface area contributed by atoms with Gasteiger partial charge in [-0.15, -0.1) is 0 Å². The van der Waals surface area contributed by atoms with Gasteiger partial charge in [-0.05, 0) is 71.9 Å². The second-order valence-electron chi connectivity index (χ2n) is 8.21. The van der Waals surface area contributed by atoms with E-state index in [1.54, 1.807) is 34.8 Å². The van der Waals surface area contributed by atoms with Crippen molar-refractivity contribution in [2.24, 2.45) is 0 Å². The van der Waals surface area contributed by atoms with E-state index in [4.69, 9.17) is 18.9 Å². The van der Waals surface area contributed by atoms with Gasteiger partial charge in [0.15, 0.2) is 23.0 Å². The number of hydrogen-bond acceptors (Lipinski definition) is 7. The molecule has 0 saturated carbocycles. The number of nitrogens with one attached hydrogen (secondary N) is 1. The van der Waals surface area contributed by atoms with Gasteiger partial charge in [-0.1, -0.05) is 12.1 Å². The third-order valence-electron chi connectivity index (χ3n) is 6.39. The third-order valence-corrected chi connectivity index (χ3v) is 6.39. The molecule has 0 amide bonds. The fourth-order valence-electron chi connectivity index (χ4n) is 4.80. The number of ether oxygens (including phenoxy) is 4. The lowest BCUT2D eigenvalue weighted by atomic mass is 9.83. The molecule has 1 aromatic heterocycles. The van der Waals surface area contributed by atoms with Gasteiger partial charge in [0, 0.05) is 5.70 Å². The van der Waals surface area contributed by atoms with Crippen LogP contribution in [0.3, 0.4) is 0 Å². The lowest BCUT2D eigenvalue weighted by molar-refractivity contribution is 0.354. The molecule has 1 atom stereocenters. The Labute approximate surface area is 198 Å². The number of aromatic nitrogens is 3. The van der Waals surface area contributed by atoms with Crippen molar-refractivity contribution < 1.29 is 18.9 Å². The number of nitrogens with zero attached hydrogens (tertiary/aromatic N) is 3. The van der Waals surface area contributed by atoms with Gasteiger partial charge in [-0.3, -0.25) is 0 Å². The molecule has 34 heavy (non-hydrogen) atoms. The third kappa shape index (κ3) is 3.75. The zero-order chi connectivity index (χ0) is 23.7. The van der Waals surface area contributed by atoms with Crippen molar-refractivity contribution in [3.05, 3.63) is 70.7 Å². The highest BCUT2D eigenvalue weighted by atomic mass is 16.5. The molecular formula is C26H28N4O4. The molecule has 0 unspecified atom stereocenters. The van der Waals surface area contributed by atoms with Gasteiger partial charge in [0.25, 0.3) is 0 Å². The van der Waals surface area contributed by atoms with E-state index in [0.717, 1.165) is 42.0 Å². The Kier molecular flexibility index (Phi) is 5.88. The highest BCUT2D eigenvalue weighted by Crippen LogP contribution is 2.45. The lowest BCUT2D eigenvalue weighted by Gasteiger charge is -2.34. The highest BCUT2D eigenvalue weighted by molar-refractivity contribution is 5.67. The Morgan fingerprint density at radius 1 is 0.882 bits per heavy atom. The van der Waals surface area contributed by atoms with Crippen LogP contribution in [-0.4, -0.2) is 43.2 Å². The Hall–Kier alpha value is -3.94. The molecule has 3 aromatic rings. The first kappa shape index (κ1) is 21.9. The van der Waals surface area contributed by atoms with Crippen LogP contribution < -0.4 is 24.3 Å². The molecule has 176 valence electrons. The number of allylic oxidation sites excluding steroid dienone is 2. The Bertz CT molecular complexity index is 1280. The molecule has 0 spiro atoms. The van der Waals surface area contributed by atoms with Crippen LogP contribution in [0.5, 0.6) is 23.0 Å². The minimum absolute atomic E-state index is 0.0809. The van der Waals surface area contributed by atoms with Crippen LogP contribution in [-0.2, 0) is 0 Å². The number of fused-ring (bicyclic) bond motifs is 1. The lowest BCUT2D eigenvalue weighted by Crippen LogP contribution is -2.28. The van der Waals surface area contributed by atoms with Crippen molar-refractivity contribution >= 4 is 12.0 Å². The fourth-order valence-corrected chi connectivity index (χ4v) is 4.80. The summed E-state index contributed by atoms with van der Waals surface area (Å²) in [6.45, 7) is 0. The summed E-state index contributed by atoms with van der Waals surface area (Å²) < 4.78 is 23.9. The summed E-state index contributed by atoms with van der Waals surface area (Å²) in [7, 11) is 6.59. The van der Waals surface area contributed by atoms with Crippen molar-refractivity contribution in [1.29, 1.82) is 0 Å². The number of hydrogen-bond donors (Lipinski definition) is 1. The SMILES string of the molecule is COc1ccc(/C=C2\CCCC3=C2Nc2ncnn2[C@H]3c2ccc(OC)c(OC)c2)cc1OC. The van der Waals surface area contributed by atoms with Gasteiger partial charge in [0.05, 0.1) is 28.4 Å². The molecule has 1 aliphatic carbocycles. The summed E-state index contributed by atoms with van der Waals surface area (Å²) in [4.78, 5) is 4.48. The first-order valence-corrected chi connectivity index (χ1v) is 11.2. The molecule has 2 aromatic carbocycles. The zero-order valence-electron chi connectivity index (χ0n) is 19.8. The number of benzene rings is 2. The first-order valence-electron chi connectivity index (χ1n) is 11.2. The van der Waals surface area contributed by atoms with Gasteiger partial charge < -0.3 is 24.3 Å². The van der Waals surface area contributed by atoms with Crippen LogP contribution in [0.15, 0.2) is 59.6 Å². The fraction of sp³-hybridized carbons (Fsp3) is 0.308. The van der Waals surface area contributed by atoms with Crippen LogP contribution in [0.1, 0.15) is 36.4 Å². The molecule has 8 nitrogen and oxygen atoms in total. The Morgan fingerprint density at radius 2 is 1.59 bits per heavy atom. The van der Waals surface area contributed by atoms with E-state index in [1.165, 1.54) is 11.1 Å². The number of anilines is 1. The summed E-state index contributed by atoms with van der Waals surface area (Å²) in [5.41, 5.74) is 5.75. The molecule has 2 aliphatic rings. The van der Waals surface area contributed by atoms with E-state index >= 15 is 0 Å². The smallest absolute Gasteiger partial charge is 0.226 e. The van der Waals surface area contributed by atoms with E-state index in [2.05, 4.69) is 27.5 Å².